The molecule has 0 aromatic heterocycles. The Morgan fingerprint density at radius 1 is 1.22 bits per heavy atom. The van der Waals surface area contributed by atoms with Crippen molar-refractivity contribution >= 4 is 21.9 Å². The van der Waals surface area contributed by atoms with Crippen LogP contribution in [0.25, 0.3) is 0 Å². The number of aliphatic carboxylic acids is 1. The summed E-state index contributed by atoms with van der Waals surface area (Å²) < 4.78 is 28.2. The lowest BCUT2D eigenvalue weighted by Crippen LogP contribution is -2.43. The topological polar surface area (TPSA) is 113 Å². The Kier molecular flexibility index (Phi) is 6.64. The van der Waals surface area contributed by atoms with Crippen molar-refractivity contribution in [3.05, 3.63) is 29.3 Å². The van der Waals surface area contributed by atoms with E-state index in [0.29, 0.717) is 5.56 Å². The molecule has 1 fully saturated rings. The van der Waals surface area contributed by atoms with Crippen LogP contribution in [-0.4, -0.2) is 37.0 Å². The molecule has 1 amide bonds. The number of sulfonamides is 1. The molecule has 0 atom stereocenters. The highest BCUT2D eigenvalue weighted by Crippen LogP contribution is 2.23. The van der Waals surface area contributed by atoms with E-state index in [1.54, 1.807) is 32.9 Å². The summed E-state index contributed by atoms with van der Waals surface area (Å²) in [5.41, 5.74) is 0.0829. The van der Waals surface area contributed by atoms with Crippen LogP contribution in [0.5, 0.6) is 0 Å². The van der Waals surface area contributed by atoms with Gasteiger partial charge in [0, 0.05) is 23.6 Å². The molecule has 0 spiro atoms. The normalized spacial score (nSPS) is 15.7. The fourth-order valence-corrected chi connectivity index (χ4v) is 4.79. The molecule has 1 saturated carbocycles. The quantitative estimate of drug-likeness (QED) is 0.625. The van der Waals surface area contributed by atoms with E-state index < -0.39 is 27.4 Å². The average Bonchev–Trinajstić information content (AvgIpc) is 3.05. The first kappa shape index (κ1) is 21.4. The molecule has 150 valence electrons. The van der Waals surface area contributed by atoms with E-state index >= 15 is 0 Å². The summed E-state index contributed by atoms with van der Waals surface area (Å²) in [4.78, 5) is 23.4. The van der Waals surface area contributed by atoms with Crippen LogP contribution in [0.2, 0.25) is 0 Å². The van der Waals surface area contributed by atoms with Crippen molar-refractivity contribution in [1.29, 1.82) is 0 Å². The predicted octanol–water partition coefficient (Wildman–Crippen LogP) is 2.59. The van der Waals surface area contributed by atoms with Crippen LogP contribution in [0.1, 0.15) is 68.3 Å². The van der Waals surface area contributed by atoms with Gasteiger partial charge in [-0.1, -0.05) is 18.9 Å². The maximum absolute atomic E-state index is 12.7. The molecule has 7 nitrogen and oxygen atoms in total. The van der Waals surface area contributed by atoms with E-state index in [1.807, 2.05) is 0 Å². The van der Waals surface area contributed by atoms with Crippen molar-refractivity contribution in [2.75, 3.05) is 0 Å². The van der Waals surface area contributed by atoms with Gasteiger partial charge in [-0.3, -0.25) is 9.59 Å². The van der Waals surface area contributed by atoms with Crippen molar-refractivity contribution in [3.63, 3.8) is 0 Å². The molecule has 1 aliphatic rings. The van der Waals surface area contributed by atoms with Gasteiger partial charge in [-0.05, 0) is 57.7 Å². The number of hydrogen-bond donors (Lipinski definition) is 3. The number of carbonyl (C=O) groups excluding carboxylic acids is 1. The zero-order chi connectivity index (χ0) is 20.2. The third-order valence-corrected chi connectivity index (χ3v) is 6.50. The van der Waals surface area contributed by atoms with Gasteiger partial charge in [-0.15, -0.1) is 0 Å². The Balaban J connectivity index is 2.18. The summed E-state index contributed by atoms with van der Waals surface area (Å²) in [5.74, 6) is -1.36. The van der Waals surface area contributed by atoms with Crippen molar-refractivity contribution in [2.24, 2.45) is 0 Å². The first-order valence-corrected chi connectivity index (χ1v) is 10.7. The first-order chi connectivity index (χ1) is 12.5. The number of carboxylic acids is 1. The Labute approximate surface area is 160 Å². The molecular weight excluding hydrogens is 368 g/mol. The number of carboxylic acid groups (broad SMARTS) is 1. The van der Waals surface area contributed by atoms with Crippen molar-refractivity contribution in [1.82, 2.24) is 10.0 Å². The summed E-state index contributed by atoms with van der Waals surface area (Å²) >= 11 is 0. The third kappa shape index (κ3) is 6.04. The lowest BCUT2D eigenvalue weighted by molar-refractivity contribution is -0.137. The molecule has 0 bridgehead atoms. The Morgan fingerprint density at radius 2 is 1.85 bits per heavy atom. The lowest BCUT2D eigenvalue weighted by atomic mass is 9.97. The maximum atomic E-state index is 12.7. The largest absolute Gasteiger partial charge is 0.481 e. The molecule has 2 rings (SSSR count). The van der Waals surface area contributed by atoms with Crippen molar-refractivity contribution in [2.45, 2.75) is 75.8 Å². The van der Waals surface area contributed by atoms with E-state index in [-0.39, 0.29) is 29.3 Å². The number of rotatable bonds is 8. The molecule has 1 aromatic rings. The van der Waals surface area contributed by atoms with Gasteiger partial charge in [0.1, 0.15) is 0 Å². The van der Waals surface area contributed by atoms with Crippen molar-refractivity contribution < 1.29 is 23.1 Å². The molecule has 0 heterocycles. The Hall–Kier alpha value is -1.93. The second kappa shape index (κ2) is 8.39. The summed E-state index contributed by atoms with van der Waals surface area (Å²) in [5, 5.41) is 11.6. The van der Waals surface area contributed by atoms with E-state index in [4.69, 9.17) is 5.11 Å². The summed E-state index contributed by atoms with van der Waals surface area (Å²) in [6.07, 6.45) is 3.90. The lowest BCUT2D eigenvalue weighted by Gasteiger charge is -2.26. The van der Waals surface area contributed by atoms with Gasteiger partial charge in [-0.2, -0.15) is 0 Å². The average molecular weight is 397 g/mol. The van der Waals surface area contributed by atoms with Crippen LogP contribution in [0.3, 0.4) is 0 Å². The van der Waals surface area contributed by atoms with E-state index in [9.17, 15) is 18.0 Å². The second-order valence-corrected chi connectivity index (χ2v) is 9.50. The van der Waals surface area contributed by atoms with Gasteiger partial charge in [-0.25, -0.2) is 13.1 Å². The minimum Gasteiger partial charge on any atom is -0.481 e. The first-order valence-electron chi connectivity index (χ1n) is 9.17. The number of hydrogen-bond acceptors (Lipinski definition) is 4. The monoisotopic (exact) mass is 396 g/mol. The zero-order valence-corrected chi connectivity index (χ0v) is 16.9. The molecule has 0 radical (unpaired) electrons. The minimum atomic E-state index is -3.70. The molecule has 0 saturated heterocycles. The van der Waals surface area contributed by atoms with E-state index in [0.717, 1.165) is 25.7 Å². The van der Waals surface area contributed by atoms with Gasteiger partial charge in [0.05, 0.1) is 4.90 Å². The van der Waals surface area contributed by atoms with Crippen LogP contribution in [0.15, 0.2) is 23.1 Å². The molecule has 27 heavy (non-hydrogen) atoms. The highest BCUT2D eigenvalue weighted by atomic mass is 32.2. The molecule has 1 aromatic carbocycles. The fourth-order valence-electron chi connectivity index (χ4n) is 3.22. The standard InChI is InChI=1S/C19H28N2O5S/c1-13-8-9-14(18(24)20-19(2,3)11-10-17(22)23)12-16(13)27(25,26)21-15-6-4-5-7-15/h8-9,12,15,21H,4-7,10-11H2,1-3H3,(H,20,24)(H,22,23). The molecular formula is C19H28N2O5S. The van der Waals surface area contributed by atoms with Gasteiger partial charge in [0.25, 0.3) is 5.91 Å². The van der Waals surface area contributed by atoms with Crippen LogP contribution in [0, 0.1) is 6.92 Å². The Morgan fingerprint density at radius 3 is 2.44 bits per heavy atom. The summed E-state index contributed by atoms with van der Waals surface area (Å²) in [6.45, 7) is 5.17. The summed E-state index contributed by atoms with van der Waals surface area (Å²) in [6, 6.07) is 4.52. The fraction of sp³-hybridized carbons (Fsp3) is 0.579. The molecule has 3 N–H and O–H groups in total. The maximum Gasteiger partial charge on any atom is 0.303 e. The van der Waals surface area contributed by atoms with Gasteiger partial charge in [0.15, 0.2) is 0 Å². The van der Waals surface area contributed by atoms with E-state index in [2.05, 4.69) is 10.0 Å². The number of carbonyl (C=O) groups is 2. The SMILES string of the molecule is Cc1ccc(C(=O)NC(C)(C)CCC(=O)O)cc1S(=O)(=O)NC1CCCC1. The van der Waals surface area contributed by atoms with Crippen LogP contribution < -0.4 is 10.0 Å². The smallest absolute Gasteiger partial charge is 0.303 e. The van der Waals surface area contributed by atoms with Gasteiger partial charge in [0.2, 0.25) is 10.0 Å². The van der Waals surface area contributed by atoms with Gasteiger partial charge < -0.3 is 10.4 Å². The molecule has 1 aliphatic carbocycles. The minimum absolute atomic E-state index is 0.0539. The van der Waals surface area contributed by atoms with Crippen LogP contribution in [0.4, 0.5) is 0 Å². The highest BCUT2D eigenvalue weighted by molar-refractivity contribution is 7.89. The number of aryl methyl sites for hydroxylation is 1. The third-order valence-electron chi connectivity index (χ3n) is 4.83. The predicted molar refractivity (Wildman–Crippen MR) is 102 cm³/mol. The summed E-state index contributed by atoms with van der Waals surface area (Å²) in [7, 11) is -3.70. The van der Waals surface area contributed by atoms with Crippen LogP contribution >= 0.6 is 0 Å². The van der Waals surface area contributed by atoms with Crippen LogP contribution in [-0.2, 0) is 14.8 Å². The van der Waals surface area contributed by atoms with E-state index in [1.165, 1.54) is 6.07 Å². The molecule has 0 unspecified atom stereocenters. The Bertz CT molecular complexity index is 811. The zero-order valence-electron chi connectivity index (χ0n) is 16.0. The molecule has 0 aliphatic heterocycles. The highest BCUT2D eigenvalue weighted by Gasteiger charge is 2.26. The number of benzene rings is 1. The van der Waals surface area contributed by atoms with Crippen molar-refractivity contribution in [3.8, 4) is 0 Å². The second-order valence-electron chi connectivity index (χ2n) is 7.81. The van der Waals surface area contributed by atoms with Gasteiger partial charge >= 0.3 is 5.97 Å². The number of amides is 1. The molecule has 8 heteroatoms. The number of nitrogens with one attached hydrogen (secondary N) is 2.